The van der Waals surface area contributed by atoms with Gasteiger partial charge in [0.15, 0.2) is 16.6 Å². The molecule has 2 fully saturated rings. The summed E-state index contributed by atoms with van der Waals surface area (Å²) < 4.78 is 40.3. The van der Waals surface area contributed by atoms with E-state index in [-0.39, 0.29) is 29.4 Å². The molecule has 6 nitrogen and oxygen atoms in total. The predicted octanol–water partition coefficient (Wildman–Crippen LogP) is 2.33. The number of furan rings is 1. The molecule has 25 heavy (non-hydrogen) atoms. The normalized spacial score (nSPS) is 28.6. The highest BCUT2D eigenvalue weighted by atomic mass is 32.3. The van der Waals surface area contributed by atoms with Crippen LogP contribution in [0.2, 0.25) is 0 Å². The summed E-state index contributed by atoms with van der Waals surface area (Å²) in [6, 6.07) is 9.13. The van der Waals surface area contributed by atoms with Gasteiger partial charge in [0.05, 0.1) is 6.21 Å². The largest absolute Gasteiger partial charge is 0.455 e. The van der Waals surface area contributed by atoms with E-state index >= 15 is 0 Å². The third kappa shape index (κ3) is 3.22. The number of halogens is 1. The summed E-state index contributed by atoms with van der Waals surface area (Å²) in [5.41, 5.74) is 0.760. The van der Waals surface area contributed by atoms with Crippen LogP contribution in [-0.2, 0) is 14.4 Å². The topological polar surface area (TPSA) is 78.1 Å². The second kappa shape index (κ2) is 6.01. The number of benzene rings is 1. The van der Waals surface area contributed by atoms with Gasteiger partial charge in [0.2, 0.25) is 10.2 Å². The molecule has 0 amide bonds. The molecule has 2 saturated heterocycles. The Morgan fingerprint density at radius 3 is 2.84 bits per heavy atom. The van der Waals surface area contributed by atoms with Gasteiger partial charge < -0.3 is 9.73 Å². The van der Waals surface area contributed by atoms with Crippen molar-refractivity contribution in [3.63, 3.8) is 0 Å². The van der Waals surface area contributed by atoms with Crippen LogP contribution >= 0.6 is 12.2 Å². The molecular formula is C16H15FN3O3S2+. The Hall–Kier alpha value is -2.10. The zero-order valence-corrected chi connectivity index (χ0v) is 14.6. The molecule has 0 spiro atoms. The van der Waals surface area contributed by atoms with E-state index in [0.29, 0.717) is 16.6 Å². The lowest BCUT2D eigenvalue weighted by molar-refractivity contribution is 0.372. The van der Waals surface area contributed by atoms with E-state index in [1.807, 2.05) is 0 Å². The van der Waals surface area contributed by atoms with E-state index in [2.05, 4.69) is 10.4 Å². The van der Waals surface area contributed by atoms with Crippen molar-refractivity contribution < 1.29 is 17.6 Å². The number of fused-ring (bicyclic) bond motifs is 1. The van der Waals surface area contributed by atoms with Gasteiger partial charge in [-0.1, -0.05) is 4.21 Å². The Kier molecular flexibility index (Phi) is 3.94. The smallest absolute Gasteiger partial charge is 0.218 e. The molecule has 130 valence electrons. The van der Waals surface area contributed by atoms with Crippen LogP contribution in [0.1, 0.15) is 5.76 Å². The molecule has 3 atom stereocenters. The Morgan fingerprint density at radius 1 is 1.32 bits per heavy atom. The van der Waals surface area contributed by atoms with E-state index in [1.54, 1.807) is 29.3 Å². The molecule has 0 saturated carbocycles. The second-order valence-electron chi connectivity index (χ2n) is 6.03. The first-order valence-corrected chi connectivity index (χ1v) is 9.89. The number of hydrogen-bond acceptors (Lipinski definition) is 4. The van der Waals surface area contributed by atoms with Gasteiger partial charge in [0.25, 0.3) is 0 Å². The third-order valence-corrected chi connectivity index (χ3v) is 6.28. The zero-order valence-electron chi connectivity index (χ0n) is 13.0. The van der Waals surface area contributed by atoms with Crippen molar-refractivity contribution in [2.24, 2.45) is 5.10 Å². The van der Waals surface area contributed by atoms with Gasteiger partial charge >= 0.3 is 0 Å². The van der Waals surface area contributed by atoms with Crippen LogP contribution in [0, 0.1) is 5.82 Å². The van der Waals surface area contributed by atoms with E-state index < -0.39 is 10.2 Å². The molecule has 1 aromatic heterocycles. The molecule has 2 N–H and O–H groups in total. The lowest BCUT2D eigenvalue weighted by atomic mass is 10.2. The minimum atomic E-state index is -2.82. The maximum absolute atomic E-state index is 13.0. The Bertz CT molecular complexity index is 896. The van der Waals surface area contributed by atoms with Crippen LogP contribution < -0.4 is 5.32 Å². The number of hydrogen-bond donors (Lipinski definition) is 2. The van der Waals surface area contributed by atoms with Gasteiger partial charge in [0, 0.05) is 5.56 Å². The van der Waals surface area contributed by atoms with Gasteiger partial charge in [-0.05, 0) is 48.6 Å². The Balaban J connectivity index is 1.51. The lowest BCUT2D eigenvalue weighted by Crippen LogP contribution is -2.33. The van der Waals surface area contributed by atoms with Crippen LogP contribution in [0.3, 0.4) is 0 Å². The maximum Gasteiger partial charge on any atom is 0.218 e. The highest BCUT2D eigenvalue weighted by Gasteiger charge is 2.54. The molecule has 0 radical (unpaired) electrons. The first kappa shape index (κ1) is 16.4. The fraction of sp³-hybridized carbons (Fsp3) is 0.250. The van der Waals surface area contributed by atoms with E-state index in [9.17, 15) is 13.2 Å². The Labute approximate surface area is 150 Å². The molecule has 0 bridgehead atoms. The quantitative estimate of drug-likeness (QED) is 0.483. The molecule has 1 unspecified atom stereocenters. The Morgan fingerprint density at radius 2 is 2.08 bits per heavy atom. The summed E-state index contributed by atoms with van der Waals surface area (Å²) >= 11 is 5.24. The fourth-order valence-corrected chi connectivity index (χ4v) is 5.29. The summed E-state index contributed by atoms with van der Waals surface area (Å²) in [6.07, 6.45) is 1.51. The molecule has 2 aliphatic rings. The van der Waals surface area contributed by atoms with E-state index in [1.165, 1.54) is 18.3 Å². The monoisotopic (exact) mass is 380 g/mol. The van der Waals surface area contributed by atoms with Crippen LogP contribution in [0.4, 0.5) is 4.39 Å². The molecule has 9 heteroatoms. The summed E-state index contributed by atoms with van der Waals surface area (Å²) in [5, 5.41) is 9.35. The van der Waals surface area contributed by atoms with E-state index in [0.717, 1.165) is 5.56 Å². The summed E-state index contributed by atoms with van der Waals surface area (Å²) in [4.78, 5) is 0. The van der Waals surface area contributed by atoms with Crippen molar-refractivity contribution in [3.05, 3.63) is 48.0 Å². The van der Waals surface area contributed by atoms with Gasteiger partial charge in [-0.15, -0.1) is 0 Å². The minimum absolute atomic E-state index is 0.140. The van der Waals surface area contributed by atoms with Gasteiger partial charge in [-0.3, -0.25) is 0 Å². The van der Waals surface area contributed by atoms with E-state index in [4.69, 9.17) is 16.6 Å². The average Bonchev–Trinajstić information content (AvgIpc) is 3.19. The summed E-state index contributed by atoms with van der Waals surface area (Å²) in [7, 11) is -2.82. The predicted molar refractivity (Wildman–Crippen MR) is 97.3 cm³/mol. The third-order valence-electron chi connectivity index (χ3n) is 4.23. The molecule has 2 aromatic rings. The number of rotatable bonds is 3. The van der Waals surface area contributed by atoms with Crippen LogP contribution in [0.15, 0.2) is 45.9 Å². The standard InChI is InChI=1S/C16H14FN3O3S2/c17-11-3-1-10(2-4-11)15-6-5-12(23-15)7-18-20-14-9-25(21,22)8-13(14)19-16(20)24/h1-7,13-14H,8-9H2,(H-,19,21,22,24)/p+1/b18-7-/t13-,14-/m1/s1. The maximum atomic E-state index is 13.0. The molecule has 3 heterocycles. The summed E-state index contributed by atoms with van der Waals surface area (Å²) in [5.74, 6) is 1.12. The van der Waals surface area contributed by atoms with Crippen LogP contribution in [0.25, 0.3) is 11.3 Å². The first-order valence-electron chi connectivity index (χ1n) is 7.63. The molecular weight excluding hydrogens is 365 g/mol. The van der Waals surface area contributed by atoms with Crippen LogP contribution in [0.5, 0.6) is 0 Å². The molecule has 4 rings (SSSR count). The van der Waals surface area contributed by atoms with Gasteiger partial charge in [-0.25, -0.2) is 9.40 Å². The molecule has 1 aromatic carbocycles. The van der Waals surface area contributed by atoms with Crippen molar-refractivity contribution in [2.75, 3.05) is 11.5 Å². The highest BCUT2D eigenvalue weighted by molar-refractivity contribution is 7.98. The lowest BCUT2D eigenvalue weighted by Gasteiger charge is -2.14. The number of thiocarbonyl (C=S) groups is 1. The van der Waals surface area contributed by atoms with Crippen molar-refractivity contribution in [2.45, 2.75) is 12.1 Å². The van der Waals surface area contributed by atoms with Crippen molar-refractivity contribution in [1.29, 1.82) is 0 Å². The zero-order chi connectivity index (χ0) is 17.6. The van der Waals surface area contributed by atoms with Gasteiger partial charge in [0.1, 0.15) is 29.4 Å². The average molecular weight is 380 g/mol. The first-order chi connectivity index (χ1) is 11.9. The van der Waals surface area contributed by atoms with Gasteiger partial charge in [-0.2, -0.15) is 9.65 Å². The minimum Gasteiger partial charge on any atom is -0.455 e. The fourth-order valence-electron chi connectivity index (χ4n) is 3.05. The highest BCUT2D eigenvalue weighted by Crippen LogP contribution is 2.27. The van der Waals surface area contributed by atoms with Crippen molar-refractivity contribution in [3.8, 4) is 11.3 Å². The number of nitrogens with one attached hydrogen (secondary N) is 1. The second-order valence-corrected chi connectivity index (χ2v) is 8.63. The van der Waals surface area contributed by atoms with Crippen LogP contribution in [-0.4, -0.2) is 44.5 Å². The summed E-state index contributed by atoms with van der Waals surface area (Å²) in [6.45, 7) is 0. The van der Waals surface area contributed by atoms with Crippen molar-refractivity contribution in [1.82, 2.24) is 10.3 Å². The molecule has 0 aliphatic carbocycles. The SMILES string of the molecule is O=[S+]1(O)C[C@@H]2[C@@H](C1)NC(=S)N2/N=C\c1ccc(-c2ccc(F)cc2)o1. The number of hydrazone groups is 1. The molecule has 2 aliphatic heterocycles. The number of nitrogens with zero attached hydrogens (tertiary/aromatic N) is 2. The van der Waals surface area contributed by atoms with Crippen molar-refractivity contribution >= 4 is 33.8 Å².